The second kappa shape index (κ2) is 12.6. The lowest BCUT2D eigenvalue weighted by Gasteiger charge is -2.49. The number of likely N-dealkylation sites (tertiary alicyclic amines) is 1. The van der Waals surface area contributed by atoms with E-state index in [4.69, 9.17) is 26.8 Å². The van der Waals surface area contributed by atoms with Gasteiger partial charge in [0.25, 0.3) is 11.8 Å². The summed E-state index contributed by atoms with van der Waals surface area (Å²) in [4.78, 5) is 69.4. The number of hydrogen-bond donors (Lipinski definition) is 3. The zero-order valence-electron chi connectivity index (χ0n) is 27.3. The van der Waals surface area contributed by atoms with Crippen molar-refractivity contribution in [3.63, 3.8) is 0 Å². The summed E-state index contributed by atoms with van der Waals surface area (Å²) in [6, 6.07) is 13.7. The normalized spacial score (nSPS) is 26.9. The fraction of sp³-hybridized carbons (Fsp3) is 0.270. The van der Waals surface area contributed by atoms with E-state index >= 15 is 4.79 Å². The number of hydrogen-bond acceptors (Lipinski definition) is 9. The Hall–Kier alpha value is -5.69. The number of nitrogens with two attached hydrogens (primary N) is 1. The van der Waals surface area contributed by atoms with E-state index in [-0.39, 0.29) is 35.8 Å². The maximum absolute atomic E-state index is 15.1. The first-order valence-corrected chi connectivity index (χ1v) is 16.5. The molecule has 4 aliphatic rings. The highest BCUT2D eigenvalue weighted by molar-refractivity contribution is 6.30. The number of rotatable bonds is 7. The second-order valence-electron chi connectivity index (χ2n) is 12.9. The average molecular weight is 715 g/mol. The summed E-state index contributed by atoms with van der Waals surface area (Å²) in [5.41, 5.74) is 8.65. The molecule has 2 aliphatic carbocycles. The van der Waals surface area contributed by atoms with E-state index in [1.807, 2.05) is 6.08 Å². The number of nitrogens with one attached hydrogen (secondary N) is 1. The molecule has 0 unspecified atom stereocenters. The first-order chi connectivity index (χ1) is 24.4. The smallest absolute Gasteiger partial charge is 0.328 e. The monoisotopic (exact) mass is 714 g/mol. The van der Waals surface area contributed by atoms with E-state index in [1.54, 1.807) is 48.6 Å². The van der Waals surface area contributed by atoms with Gasteiger partial charge in [-0.3, -0.25) is 24.6 Å². The first kappa shape index (κ1) is 33.8. The Kier molecular flexibility index (Phi) is 8.33. The summed E-state index contributed by atoms with van der Waals surface area (Å²) in [6.45, 7) is 0. The number of ether oxygens (including phenoxy) is 2. The number of anilines is 1. The molecule has 3 aromatic carbocycles. The molecule has 2 saturated heterocycles. The van der Waals surface area contributed by atoms with Crippen molar-refractivity contribution in [3.8, 4) is 17.2 Å². The molecule has 3 fully saturated rings. The van der Waals surface area contributed by atoms with Crippen LogP contribution in [0.5, 0.6) is 17.2 Å². The van der Waals surface area contributed by atoms with E-state index in [0.29, 0.717) is 26.6 Å². The van der Waals surface area contributed by atoms with Crippen molar-refractivity contribution in [3.05, 3.63) is 100 Å². The zero-order chi connectivity index (χ0) is 36.4. The summed E-state index contributed by atoms with van der Waals surface area (Å²) in [6.07, 6.45) is 5.35. The Morgan fingerprint density at radius 3 is 2.24 bits per heavy atom. The van der Waals surface area contributed by atoms with Crippen molar-refractivity contribution in [2.24, 2.45) is 35.3 Å². The summed E-state index contributed by atoms with van der Waals surface area (Å²) in [5.74, 6) is -7.70. The summed E-state index contributed by atoms with van der Waals surface area (Å²) in [5, 5.41) is 11.9. The van der Waals surface area contributed by atoms with Gasteiger partial charge in [0.05, 0.1) is 43.1 Å². The van der Waals surface area contributed by atoms with Crippen LogP contribution in [0.4, 0.5) is 14.9 Å². The van der Waals surface area contributed by atoms with Gasteiger partial charge in [0.2, 0.25) is 17.6 Å². The minimum atomic E-state index is -1.60. The molecule has 2 heterocycles. The molecule has 7 rings (SSSR count). The third-order valence-corrected chi connectivity index (χ3v) is 10.8. The number of phenols is 1. The first-order valence-electron chi connectivity index (χ1n) is 16.1. The number of fused-ring (bicyclic) bond motifs is 4. The predicted molar refractivity (Wildman–Crippen MR) is 181 cm³/mol. The molecule has 0 aromatic heterocycles. The topological polar surface area (TPSA) is 169 Å². The minimum Gasteiger partial charge on any atom is -0.502 e. The SMILES string of the molecule is COc1cc(C=C[C@H]2C3=CC[C@@H]4C(=O)N(C(N)=O)C(=O)[C@@H]4[C@@H]3C[C@H]3C(=O)N(Nc4ccc(F)cc4)C(=O)[C@@]23c2ccc(Cl)cc2)cc(OC)c1O. The molecular weight excluding hydrogens is 683 g/mol. The van der Waals surface area contributed by atoms with Crippen LogP contribution in [0.25, 0.3) is 6.08 Å². The highest BCUT2D eigenvalue weighted by atomic mass is 35.5. The lowest BCUT2D eigenvalue weighted by molar-refractivity contribution is -0.139. The number of urea groups is 1. The van der Waals surface area contributed by atoms with E-state index in [1.165, 1.54) is 38.5 Å². The predicted octanol–water partition coefficient (Wildman–Crippen LogP) is 4.81. The van der Waals surface area contributed by atoms with Crippen LogP contribution in [-0.4, -0.2) is 58.9 Å². The fourth-order valence-electron chi connectivity index (χ4n) is 8.34. The van der Waals surface area contributed by atoms with Crippen molar-refractivity contribution >= 4 is 53.0 Å². The lowest BCUT2D eigenvalue weighted by Crippen LogP contribution is -2.54. The van der Waals surface area contributed by atoms with Crippen LogP contribution >= 0.6 is 11.6 Å². The van der Waals surface area contributed by atoms with Crippen molar-refractivity contribution < 1.29 is 42.9 Å². The number of phenolic OH excluding ortho intramolecular Hbond substituents is 1. The van der Waals surface area contributed by atoms with Crippen molar-refractivity contribution in [2.45, 2.75) is 18.3 Å². The zero-order valence-corrected chi connectivity index (χ0v) is 28.1. The number of allylic oxidation sites excluding steroid dienone is 3. The minimum absolute atomic E-state index is 0.0153. The van der Waals surface area contributed by atoms with Crippen LogP contribution in [0.3, 0.4) is 0 Å². The largest absolute Gasteiger partial charge is 0.502 e. The molecule has 51 heavy (non-hydrogen) atoms. The second-order valence-corrected chi connectivity index (χ2v) is 13.3. The average Bonchev–Trinajstić information content (AvgIpc) is 3.50. The fourth-order valence-corrected chi connectivity index (χ4v) is 8.46. The van der Waals surface area contributed by atoms with Crippen molar-refractivity contribution in [1.82, 2.24) is 9.91 Å². The third-order valence-electron chi connectivity index (χ3n) is 10.5. The van der Waals surface area contributed by atoms with E-state index in [9.17, 15) is 28.7 Å². The van der Waals surface area contributed by atoms with Gasteiger partial charge in [0, 0.05) is 10.9 Å². The molecule has 0 spiro atoms. The van der Waals surface area contributed by atoms with Gasteiger partial charge in [-0.1, -0.05) is 47.5 Å². The molecule has 4 N–H and O–H groups in total. The van der Waals surface area contributed by atoms with E-state index in [2.05, 4.69) is 5.43 Å². The number of amides is 6. The maximum Gasteiger partial charge on any atom is 0.328 e. The van der Waals surface area contributed by atoms with Crippen LogP contribution < -0.4 is 20.6 Å². The molecule has 12 nitrogen and oxygen atoms in total. The van der Waals surface area contributed by atoms with Crippen molar-refractivity contribution in [1.29, 1.82) is 0 Å². The Bertz CT molecular complexity index is 2030. The van der Waals surface area contributed by atoms with Gasteiger partial charge in [-0.2, -0.15) is 9.91 Å². The van der Waals surface area contributed by atoms with E-state index < -0.39 is 70.5 Å². The Balaban J connectivity index is 1.44. The number of aromatic hydroxyl groups is 1. The number of imide groups is 4. The van der Waals surface area contributed by atoms with Crippen LogP contribution in [-0.2, 0) is 24.6 Å². The van der Waals surface area contributed by atoms with Gasteiger partial charge < -0.3 is 20.3 Å². The van der Waals surface area contributed by atoms with Crippen LogP contribution in [0.15, 0.2) is 78.4 Å². The Morgan fingerprint density at radius 2 is 1.63 bits per heavy atom. The van der Waals surface area contributed by atoms with E-state index in [0.717, 1.165) is 5.01 Å². The summed E-state index contributed by atoms with van der Waals surface area (Å²) < 4.78 is 24.5. The van der Waals surface area contributed by atoms with Crippen molar-refractivity contribution in [2.75, 3.05) is 19.6 Å². The Morgan fingerprint density at radius 1 is 0.980 bits per heavy atom. The molecule has 262 valence electrons. The number of primary amides is 1. The molecule has 1 saturated carbocycles. The quantitative estimate of drug-likeness (QED) is 0.230. The van der Waals surface area contributed by atoms with Gasteiger partial charge in [-0.15, -0.1) is 0 Å². The molecule has 6 atom stereocenters. The molecule has 14 heteroatoms. The molecular formula is C37H32ClFN4O8. The number of nitrogens with zero attached hydrogens (tertiary/aromatic N) is 2. The molecule has 3 aromatic rings. The van der Waals surface area contributed by atoms with Gasteiger partial charge >= 0.3 is 6.03 Å². The summed E-state index contributed by atoms with van der Waals surface area (Å²) >= 11 is 6.31. The third kappa shape index (κ3) is 5.13. The number of carbonyl (C=O) groups excluding carboxylic acids is 5. The number of benzene rings is 3. The number of hydrazine groups is 1. The maximum atomic E-state index is 15.1. The van der Waals surface area contributed by atoms with Gasteiger partial charge in [-0.25, -0.2) is 9.18 Å². The van der Waals surface area contributed by atoms with Crippen LogP contribution in [0.2, 0.25) is 5.02 Å². The standard InChI is InChI=1S/C37H32ClFN4O8/c1-50-28-15-18(16-29(51-2)31(28)44)3-14-26-23-12-13-24-30(34(47)42(32(24)45)36(40)49)25(23)17-27-33(46)43(41-22-10-8-21(39)9-11-22)35(48)37(26,27)19-4-6-20(38)7-5-19/h3-12,14-16,24-27,30,41,44H,13,17H2,1-2H3,(H2,40,49)/t24-,25+,26-,27-,30-,37-/m0/s1. The molecule has 6 amide bonds. The van der Waals surface area contributed by atoms with Gasteiger partial charge in [-0.05, 0) is 78.4 Å². The molecule has 0 bridgehead atoms. The number of methoxy groups -OCH3 is 2. The lowest BCUT2D eigenvalue weighted by atomic mass is 9.50. The van der Waals surface area contributed by atoms with Crippen LogP contribution in [0, 0.1) is 35.4 Å². The Labute approximate surface area is 296 Å². The highest BCUT2D eigenvalue weighted by Crippen LogP contribution is 2.61. The molecule has 0 radical (unpaired) electrons. The molecule has 2 aliphatic heterocycles. The van der Waals surface area contributed by atoms with Gasteiger partial charge in [0.1, 0.15) is 5.82 Å². The van der Waals surface area contributed by atoms with Crippen LogP contribution in [0.1, 0.15) is 24.0 Å². The number of carbonyl (C=O) groups is 5. The number of halogens is 2. The summed E-state index contributed by atoms with van der Waals surface area (Å²) in [7, 11) is 2.77. The highest BCUT2D eigenvalue weighted by Gasteiger charge is 2.69. The van der Waals surface area contributed by atoms with Gasteiger partial charge in [0.15, 0.2) is 11.5 Å².